The van der Waals surface area contributed by atoms with Crippen LogP contribution in [0.15, 0.2) is 72.9 Å². The van der Waals surface area contributed by atoms with Crippen LogP contribution in [0.25, 0.3) is 22.0 Å². The van der Waals surface area contributed by atoms with Crippen molar-refractivity contribution in [3.8, 4) is 11.3 Å². The van der Waals surface area contributed by atoms with Crippen LogP contribution in [0, 0.1) is 0 Å². The molecule has 2 heterocycles. The highest BCUT2D eigenvalue weighted by Crippen LogP contribution is 2.26. The third-order valence-electron chi connectivity index (χ3n) is 5.51. The van der Waals surface area contributed by atoms with E-state index in [-0.39, 0.29) is 5.91 Å². The first-order valence-electron chi connectivity index (χ1n) is 9.84. The summed E-state index contributed by atoms with van der Waals surface area (Å²) < 4.78 is 4.39. The van der Waals surface area contributed by atoms with E-state index in [2.05, 4.69) is 32.8 Å². The number of carbonyl (C=O) groups is 1. The van der Waals surface area contributed by atoms with Gasteiger partial charge in [0.1, 0.15) is 6.20 Å². The molecule has 4 nitrogen and oxygen atoms in total. The molecule has 1 amide bonds. The molecule has 0 bridgehead atoms. The number of aromatic nitrogens is 2. The van der Waals surface area contributed by atoms with Gasteiger partial charge in [-0.05, 0) is 42.1 Å². The van der Waals surface area contributed by atoms with E-state index >= 15 is 0 Å². The average Bonchev–Trinajstić information content (AvgIpc) is 3.33. The standard InChI is InChI=1S/C24H20ClN3O/c25-19-12-10-18(11-13-19)22-15-27(24-9-4-14-28(22)24)16-23(29)26-21-8-3-6-17-5-1-2-7-20(17)21/h1-3,5-8,10-13,15H,4,9,14,16H2/p+1. The molecule has 144 valence electrons. The van der Waals surface area contributed by atoms with Crippen molar-refractivity contribution < 1.29 is 9.36 Å². The average molecular weight is 403 g/mol. The third-order valence-corrected chi connectivity index (χ3v) is 5.76. The van der Waals surface area contributed by atoms with E-state index in [1.807, 2.05) is 54.6 Å². The Hall–Kier alpha value is -3.11. The van der Waals surface area contributed by atoms with Crippen LogP contribution in [-0.2, 0) is 24.3 Å². The van der Waals surface area contributed by atoms with Gasteiger partial charge in [-0.1, -0.05) is 48.0 Å². The first-order valence-corrected chi connectivity index (χ1v) is 10.2. The molecular weight excluding hydrogens is 382 g/mol. The summed E-state index contributed by atoms with van der Waals surface area (Å²) in [6.07, 6.45) is 4.16. The van der Waals surface area contributed by atoms with Gasteiger partial charge in [-0.25, -0.2) is 9.13 Å². The monoisotopic (exact) mass is 402 g/mol. The fraction of sp³-hybridized carbons (Fsp3) is 0.167. The number of rotatable bonds is 4. The first-order chi connectivity index (χ1) is 14.2. The number of hydrogen-bond acceptors (Lipinski definition) is 1. The minimum atomic E-state index is -0.0192. The van der Waals surface area contributed by atoms with E-state index in [0.29, 0.717) is 6.54 Å². The molecule has 1 aromatic heterocycles. The minimum Gasteiger partial charge on any atom is -0.322 e. The lowest BCUT2D eigenvalue weighted by Crippen LogP contribution is -2.42. The maximum atomic E-state index is 12.9. The lowest BCUT2D eigenvalue weighted by Gasteiger charge is -2.08. The van der Waals surface area contributed by atoms with Crippen LogP contribution in [0.3, 0.4) is 0 Å². The SMILES string of the molecule is O=C(C[n+]1cc(-c2ccc(Cl)cc2)n2c1CCC2)Nc1cccc2ccccc12. The maximum absolute atomic E-state index is 12.9. The highest BCUT2D eigenvalue weighted by Gasteiger charge is 2.29. The summed E-state index contributed by atoms with van der Waals surface area (Å²) in [6, 6.07) is 21.9. The molecule has 0 atom stereocenters. The molecule has 1 aliphatic rings. The van der Waals surface area contributed by atoms with Crippen molar-refractivity contribution in [3.05, 3.63) is 83.8 Å². The van der Waals surface area contributed by atoms with Gasteiger partial charge in [-0.2, -0.15) is 0 Å². The van der Waals surface area contributed by atoms with Crippen molar-refractivity contribution in [2.24, 2.45) is 0 Å². The Bertz CT molecular complexity index is 1210. The molecule has 1 aliphatic heterocycles. The van der Waals surface area contributed by atoms with E-state index in [1.165, 1.54) is 5.82 Å². The van der Waals surface area contributed by atoms with Crippen molar-refractivity contribution in [2.75, 3.05) is 5.32 Å². The van der Waals surface area contributed by atoms with Crippen LogP contribution in [0.5, 0.6) is 0 Å². The highest BCUT2D eigenvalue weighted by molar-refractivity contribution is 6.30. The van der Waals surface area contributed by atoms with Crippen LogP contribution in [0.1, 0.15) is 12.2 Å². The quantitative estimate of drug-likeness (QED) is 0.487. The lowest BCUT2D eigenvalue weighted by molar-refractivity contribution is -0.690. The van der Waals surface area contributed by atoms with Crippen LogP contribution in [-0.4, -0.2) is 10.5 Å². The Kier molecular flexibility index (Phi) is 4.57. The molecule has 0 radical (unpaired) electrons. The van der Waals surface area contributed by atoms with Crippen molar-refractivity contribution in [3.63, 3.8) is 0 Å². The molecule has 3 aromatic carbocycles. The highest BCUT2D eigenvalue weighted by atomic mass is 35.5. The normalized spacial score (nSPS) is 12.9. The maximum Gasteiger partial charge on any atom is 0.266 e. The number of fused-ring (bicyclic) bond motifs is 2. The molecule has 5 rings (SSSR count). The predicted molar refractivity (Wildman–Crippen MR) is 116 cm³/mol. The summed E-state index contributed by atoms with van der Waals surface area (Å²) in [4.78, 5) is 12.9. The molecule has 0 aliphatic carbocycles. The second-order valence-corrected chi connectivity index (χ2v) is 7.83. The number of halogens is 1. The molecule has 0 saturated carbocycles. The summed E-state index contributed by atoms with van der Waals surface area (Å²) in [5.41, 5.74) is 3.10. The Morgan fingerprint density at radius 1 is 1.03 bits per heavy atom. The summed E-state index contributed by atoms with van der Waals surface area (Å²) in [5, 5.41) is 5.99. The van der Waals surface area contributed by atoms with Crippen LogP contribution in [0.2, 0.25) is 5.02 Å². The number of amides is 1. The molecule has 0 unspecified atom stereocenters. The zero-order valence-corrected chi connectivity index (χ0v) is 16.7. The van der Waals surface area contributed by atoms with E-state index < -0.39 is 0 Å². The second-order valence-electron chi connectivity index (χ2n) is 7.40. The fourth-order valence-corrected chi connectivity index (χ4v) is 4.30. The van der Waals surface area contributed by atoms with Crippen LogP contribution >= 0.6 is 11.6 Å². The molecule has 0 spiro atoms. The molecule has 0 saturated heterocycles. The lowest BCUT2D eigenvalue weighted by atomic mass is 10.1. The van der Waals surface area contributed by atoms with Gasteiger partial charge < -0.3 is 5.32 Å². The Labute approximate surface area is 174 Å². The van der Waals surface area contributed by atoms with Gasteiger partial charge in [0.25, 0.3) is 11.7 Å². The molecule has 29 heavy (non-hydrogen) atoms. The number of carbonyl (C=O) groups excluding carboxylic acids is 1. The molecule has 5 heteroatoms. The summed E-state index contributed by atoms with van der Waals surface area (Å²) in [6.45, 7) is 1.28. The van der Waals surface area contributed by atoms with Crippen LogP contribution < -0.4 is 9.88 Å². The number of nitrogens with one attached hydrogen (secondary N) is 1. The minimum absolute atomic E-state index is 0.0192. The van der Waals surface area contributed by atoms with Crippen molar-refractivity contribution in [2.45, 2.75) is 25.9 Å². The van der Waals surface area contributed by atoms with Gasteiger partial charge in [0.15, 0.2) is 12.2 Å². The smallest absolute Gasteiger partial charge is 0.266 e. The van der Waals surface area contributed by atoms with Crippen molar-refractivity contribution >= 4 is 34.0 Å². The summed E-state index contributed by atoms with van der Waals surface area (Å²) in [7, 11) is 0. The zero-order chi connectivity index (χ0) is 19.8. The second kappa shape index (κ2) is 7.37. The Morgan fingerprint density at radius 3 is 2.69 bits per heavy atom. The summed E-state index contributed by atoms with van der Waals surface area (Å²) >= 11 is 6.04. The Morgan fingerprint density at radius 2 is 1.83 bits per heavy atom. The van der Waals surface area contributed by atoms with Crippen molar-refractivity contribution in [1.82, 2.24) is 4.57 Å². The van der Waals surface area contributed by atoms with E-state index in [0.717, 1.165) is 52.1 Å². The number of nitrogens with zero attached hydrogens (tertiary/aromatic N) is 2. The predicted octanol–water partition coefficient (Wildman–Crippen LogP) is 4.83. The zero-order valence-electron chi connectivity index (χ0n) is 15.9. The molecule has 4 aromatic rings. The van der Waals surface area contributed by atoms with Gasteiger partial charge in [0.05, 0.1) is 13.0 Å². The fourth-order valence-electron chi connectivity index (χ4n) is 4.18. The van der Waals surface area contributed by atoms with Gasteiger partial charge in [0, 0.05) is 21.7 Å². The van der Waals surface area contributed by atoms with E-state index in [1.54, 1.807) is 0 Å². The number of benzene rings is 3. The van der Waals surface area contributed by atoms with Crippen LogP contribution in [0.4, 0.5) is 5.69 Å². The van der Waals surface area contributed by atoms with Gasteiger partial charge >= 0.3 is 0 Å². The number of hydrogen-bond donors (Lipinski definition) is 1. The van der Waals surface area contributed by atoms with Gasteiger partial charge in [-0.3, -0.25) is 4.79 Å². The van der Waals surface area contributed by atoms with Gasteiger partial charge in [0.2, 0.25) is 0 Å². The Balaban J connectivity index is 1.42. The molecule has 1 N–H and O–H groups in total. The largest absolute Gasteiger partial charge is 0.322 e. The number of imidazole rings is 1. The topological polar surface area (TPSA) is 37.9 Å². The van der Waals surface area contributed by atoms with Gasteiger partial charge in [-0.15, -0.1) is 0 Å². The van der Waals surface area contributed by atoms with E-state index in [9.17, 15) is 4.79 Å². The van der Waals surface area contributed by atoms with Crippen molar-refractivity contribution in [1.29, 1.82) is 0 Å². The molecule has 0 fully saturated rings. The first kappa shape index (κ1) is 18.0. The van der Waals surface area contributed by atoms with E-state index in [4.69, 9.17) is 11.6 Å². The molecular formula is C24H21ClN3O+. The number of anilines is 1. The third kappa shape index (κ3) is 3.40. The summed E-state index contributed by atoms with van der Waals surface area (Å²) in [5.74, 6) is 1.18.